The first-order valence-corrected chi connectivity index (χ1v) is 6.61. The Bertz CT molecular complexity index is 203. The van der Waals surface area contributed by atoms with Gasteiger partial charge in [-0.2, -0.15) is 0 Å². The minimum Gasteiger partial charge on any atom is -0.302 e. The third kappa shape index (κ3) is 2.73. The molecule has 3 aliphatic heterocycles. The molecule has 2 nitrogen and oxygen atoms in total. The Morgan fingerprint density at radius 2 is 1.87 bits per heavy atom. The second kappa shape index (κ2) is 4.84. The lowest BCUT2D eigenvalue weighted by Crippen LogP contribution is -2.50. The van der Waals surface area contributed by atoms with Gasteiger partial charge in [-0.25, -0.2) is 0 Å². The summed E-state index contributed by atoms with van der Waals surface area (Å²) in [6.07, 6.45) is 5.74. The van der Waals surface area contributed by atoms with Crippen molar-refractivity contribution in [3.8, 4) is 0 Å². The zero-order valence-corrected chi connectivity index (χ0v) is 10.6. The molecule has 0 N–H and O–H groups in total. The molecule has 2 atom stereocenters. The van der Waals surface area contributed by atoms with Gasteiger partial charge in [-0.3, -0.25) is 4.90 Å². The monoisotopic (exact) mass is 210 g/mol. The minimum absolute atomic E-state index is 0.722. The van der Waals surface area contributed by atoms with E-state index in [1.165, 1.54) is 45.3 Å². The maximum absolute atomic E-state index is 2.70. The Morgan fingerprint density at radius 3 is 2.60 bits per heavy atom. The van der Waals surface area contributed by atoms with E-state index >= 15 is 0 Å². The molecule has 15 heavy (non-hydrogen) atoms. The van der Waals surface area contributed by atoms with Gasteiger partial charge in [-0.05, 0) is 52.6 Å². The highest BCUT2D eigenvalue weighted by Crippen LogP contribution is 2.26. The van der Waals surface area contributed by atoms with E-state index in [0.29, 0.717) is 0 Å². The number of fused-ring (bicyclic) bond motifs is 6. The largest absolute Gasteiger partial charge is 0.302 e. The predicted molar refractivity (Wildman–Crippen MR) is 65.1 cm³/mol. The maximum Gasteiger partial charge on any atom is 0.0220 e. The summed E-state index contributed by atoms with van der Waals surface area (Å²) in [6.45, 7) is 8.66. The fourth-order valence-corrected chi connectivity index (χ4v) is 3.09. The molecule has 3 fully saturated rings. The first-order valence-electron chi connectivity index (χ1n) is 6.61. The normalized spacial score (nSPS) is 35.2. The van der Waals surface area contributed by atoms with Crippen LogP contribution in [0.2, 0.25) is 0 Å². The van der Waals surface area contributed by atoms with Crippen molar-refractivity contribution < 1.29 is 0 Å². The molecule has 3 rings (SSSR count). The van der Waals surface area contributed by atoms with E-state index in [0.717, 1.165) is 18.0 Å². The summed E-state index contributed by atoms with van der Waals surface area (Å²) < 4.78 is 0. The summed E-state index contributed by atoms with van der Waals surface area (Å²) >= 11 is 0. The highest BCUT2D eigenvalue weighted by Gasteiger charge is 2.28. The summed E-state index contributed by atoms with van der Waals surface area (Å²) in [7, 11) is 2.32. The number of hydrogen-bond acceptors (Lipinski definition) is 2. The number of hydrogen-bond donors (Lipinski definition) is 0. The van der Waals surface area contributed by atoms with Crippen LogP contribution in [0.3, 0.4) is 0 Å². The van der Waals surface area contributed by atoms with Crippen molar-refractivity contribution in [2.45, 2.75) is 51.6 Å². The van der Waals surface area contributed by atoms with Crippen LogP contribution in [-0.4, -0.2) is 48.6 Å². The topological polar surface area (TPSA) is 6.48 Å². The van der Waals surface area contributed by atoms with Crippen molar-refractivity contribution in [3.05, 3.63) is 0 Å². The molecule has 3 heterocycles. The Kier molecular flexibility index (Phi) is 3.68. The van der Waals surface area contributed by atoms with Crippen LogP contribution in [0, 0.1) is 5.92 Å². The lowest BCUT2D eigenvalue weighted by molar-refractivity contribution is 0.0633. The Morgan fingerprint density at radius 1 is 1.07 bits per heavy atom. The van der Waals surface area contributed by atoms with Crippen molar-refractivity contribution in [2.24, 2.45) is 5.92 Å². The molecule has 2 heteroatoms. The molecule has 0 aliphatic carbocycles. The van der Waals surface area contributed by atoms with Gasteiger partial charge < -0.3 is 4.90 Å². The standard InChI is InChI=1S/C13H26N2/c1-11(2)15-9-12-5-4-6-13(10-15)14(3)8-7-12/h11-13H,4-10H2,1-3H3. The van der Waals surface area contributed by atoms with E-state index in [1.54, 1.807) is 0 Å². The van der Waals surface area contributed by atoms with Gasteiger partial charge in [0.15, 0.2) is 0 Å². The molecule has 3 saturated heterocycles. The van der Waals surface area contributed by atoms with Gasteiger partial charge in [0, 0.05) is 25.2 Å². The van der Waals surface area contributed by atoms with Crippen molar-refractivity contribution in [2.75, 3.05) is 26.7 Å². The van der Waals surface area contributed by atoms with E-state index in [-0.39, 0.29) is 0 Å². The molecule has 2 bridgehead atoms. The molecule has 0 amide bonds. The van der Waals surface area contributed by atoms with Gasteiger partial charge in [0.25, 0.3) is 0 Å². The Balaban J connectivity index is 2.09. The fraction of sp³-hybridized carbons (Fsp3) is 1.00. The second-order valence-electron chi connectivity index (χ2n) is 5.77. The number of nitrogens with zero attached hydrogens (tertiary/aromatic N) is 2. The Labute approximate surface area is 94.6 Å². The summed E-state index contributed by atoms with van der Waals surface area (Å²) in [4.78, 5) is 5.30. The van der Waals surface area contributed by atoms with Gasteiger partial charge in [0.05, 0.1) is 0 Å². The first kappa shape index (κ1) is 11.4. The van der Waals surface area contributed by atoms with Crippen LogP contribution in [-0.2, 0) is 0 Å². The zero-order valence-electron chi connectivity index (χ0n) is 10.6. The van der Waals surface area contributed by atoms with Gasteiger partial charge in [0.1, 0.15) is 0 Å². The third-order valence-electron chi connectivity index (χ3n) is 4.33. The van der Waals surface area contributed by atoms with E-state index < -0.39 is 0 Å². The molecule has 0 aromatic carbocycles. The molecule has 0 saturated carbocycles. The van der Waals surface area contributed by atoms with Gasteiger partial charge in [-0.1, -0.05) is 6.42 Å². The van der Waals surface area contributed by atoms with Crippen molar-refractivity contribution in [1.29, 1.82) is 0 Å². The molecule has 0 aromatic heterocycles. The van der Waals surface area contributed by atoms with E-state index in [1.807, 2.05) is 0 Å². The smallest absolute Gasteiger partial charge is 0.0220 e. The molecule has 3 aliphatic rings. The van der Waals surface area contributed by atoms with Gasteiger partial charge in [0.2, 0.25) is 0 Å². The molecule has 88 valence electrons. The maximum atomic E-state index is 2.70. The van der Waals surface area contributed by atoms with Crippen LogP contribution >= 0.6 is 0 Å². The molecular weight excluding hydrogens is 184 g/mol. The van der Waals surface area contributed by atoms with Crippen LogP contribution in [0.25, 0.3) is 0 Å². The van der Waals surface area contributed by atoms with Gasteiger partial charge >= 0.3 is 0 Å². The molecular formula is C13H26N2. The Hall–Kier alpha value is -0.0800. The number of rotatable bonds is 1. The van der Waals surface area contributed by atoms with Crippen LogP contribution in [0.5, 0.6) is 0 Å². The lowest BCUT2D eigenvalue weighted by atomic mass is 9.89. The average Bonchev–Trinajstić information content (AvgIpc) is 2.11. The van der Waals surface area contributed by atoms with E-state index in [9.17, 15) is 0 Å². The minimum atomic E-state index is 0.722. The number of likely N-dealkylation sites (N-methyl/N-ethyl adjacent to an activating group) is 1. The lowest BCUT2D eigenvalue weighted by Gasteiger charge is -2.43. The fourth-order valence-electron chi connectivity index (χ4n) is 3.09. The summed E-state index contributed by atoms with van der Waals surface area (Å²) in [5, 5.41) is 0. The van der Waals surface area contributed by atoms with Crippen LogP contribution in [0.1, 0.15) is 39.5 Å². The van der Waals surface area contributed by atoms with Gasteiger partial charge in [-0.15, -0.1) is 0 Å². The third-order valence-corrected chi connectivity index (χ3v) is 4.33. The zero-order chi connectivity index (χ0) is 10.8. The van der Waals surface area contributed by atoms with E-state index in [4.69, 9.17) is 0 Å². The average molecular weight is 210 g/mol. The molecule has 0 spiro atoms. The van der Waals surface area contributed by atoms with Crippen molar-refractivity contribution in [3.63, 3.8) is 0 Å². The highest BCUT2D eigenvalue weighted by atomic mass is 15.2. The summed E-state index contributed by atoms with van der Waals surface area (Å²) in [5.41, 5.74) is 0. The van der Waals surface area contributed by atoms with Crippen LogP contribution < -0.4 is 0 Å². The van der Waals surface area contributed by atoms with E-state index in [2.05, 4.69) is 30.7 Å². The van der Waals surface area contributed by atoms with Crippen LogP contribution in [0.15, 0.2) is 0 Å². The summed E-state index contributed by atoms with van der Waals surface area (Å²) in [6, 6.07) is 1.54. The SMILES string of the molecule is CC(C)N1CC2CCCC(C1)N(C)CC2. The molecule has 0 radical (unpaired) electrons. The van der Waals surface area contributed by atoms with Crippen LogP contribution in [0.4, 0.5) is 0 Å². The molecule has 2 unspecified atom stereocenters. The molecule has 0 aromatic rings. The second-order valence-corrected chi connectivity index (χ2v) is 5.77. The quantitative estimate of drug-likeness (QED) is 0.654. The van der Waals surface area contributed by atoms with Crippen molar-refractivity contribution >= 4 is 0 Å². The highest BCUT2D eigenvalue weighted by molar-refractivity contribution is 4.84. The van der Waals surface area contributed by atoms with Crippen molar-refractivity contribution in [1.82, 2.24) is 9.80 Å². The predicted octanol–water partition coefficient (Wildman–Crippen LogP) is 2.20. The first-order chi connectivity index (χ1) is 7.16. The summed E-state index contributed by atoms with van der Waals surface area (Å²) in [5.74, 6) is 0.955.